The molecule has 0 aliphatic heterocycles. The van der Waals surface area contributed by atoms with E-state index in [0.29, 0.717) is 10.7 Å². The van der Waals surface area contributed by atoms with Gasteiger partial charge >= 0.3 is 0 Å². The zero-order valence-electron chi connectivity index (χ0n) is 20.1. The van der Waals surface area contributed by atoms with Crippen LogP contribution in [0.2, 0.25) is 5.02 Å². The number of carbonyl (C=O) groups excluding carboxylic acids is 1. The summed E-state index contributed by atoms with van der Waals surface area (Å²) in [6.07, 6.45) is 1.54. The van der Waals surface area contributed by atoms with E-state index in [9.17, 15) is 13.2 Å². The molecule has 4 rings (SSSR count). The van der Waals surface area contributed by atoms with Crippen LogP contribution in [0.25, 0.3) is 5.69 Å². The lowest BCUT2D eigenvalue weighted by Crippen LogP contribution is -2.39. The number of amides is 1. The highest BCUT2D eigenvalue weighted by atomic mass is 79.9. The highest BCUT2D eigenvalue weighted by molar-refractivity contribution is 9.10. The van der Waals surface area contributed by atoms with Crippen LogP contribution in [-0.2, 0) is 14.8 Å². The molecule has 0 aliphatic carbocycles. The van der Waals surface area contributed by atoms with E-state index in [1.54, 1.807) is 48.7 Å². The summed E-state index contributed by atoms with van der Waals surface area (Å²) >= 11 is 9.37. The van der Waals surface area contributed by atoms with E-state index in [1.165, 1.54) is 12.1 Å². The second kappa shape index (κ2) is 11.3. The molecule has 7 nitrogen and oxygen atoms in total. The number of aryl methyl sites for hydroxylation is 1. The molecule has 1 N–H and O–H groups in total. The second-order valence-corrected chi connectivity index (χ2v) is 11.4. The number of aromatic nitrogens is 1. The zero-order chi connectivity index (χ0) is 26.6. The molecule has 3 aromatic carbocycles. The molecule has 0 fully saturated rings. The quantitative estimate of drug-likeness (QED) is 0.204. The van der Waals surface area contributed by atoms with Gasteiger partial charge in [-0.2, -0.15) is 5.10 Å². The maximum atomic E-state index is 13.4. The summed E-state index contributed by atoms with van der Waals surface area (Å²) in [4.78, 5) is 12.9. The van der Waals surface area contributed by atoms with Crippen LogP contribution in [-0.4, -0.2) is 31.7 Å². The first-order valence-electron chi connectivity index (χ1n) is 11.3. The molecular weight excluding hydrogens is 576 g/mol. The lowest BCUT2D eigenvalue weighted by atomic mass is 10.2. The van der Waals surface area contributed by atoms with Gasteiger partial charge in [-0.3, -0.25) is 9.10 Å². The molecule has 190 valence electrons. The van der Waals surface area contributed by atoms with Gasteiger partial charge in [-0.1, -0.05) is 45.7 Å². The summed E-state index contributed by atoms with van der Waals surface area (Å²) in [6.45, 7) is 3.48. The number of sulfonamides is 1. The number of halogens is 2. The minimum Gasteiger partial charge on any atom is -0.318 e. The fraction of sp³-hybridized carbons (Fsp3) is 0.111. The monoisotopic (exact) mass is 598 g/mol. The van der Waals surface area contributed by atoms with Gasteiger partial charge in [0.05, 0.1) is 16.8 Å². The van der Waals surface area contributed by atoms with Crippen LogP contribution in [0.1, 0.15) is 17.0 Å². The summed E-state index contributed by atoms with van der Waals surface area (Å²) in [5, 5.41) is 4.75. The van der Waals surface area contributed by atoms with Crippen molar-refractivity contribution >= 4 is 55.4 Å². The third kappa shape index (κ3) is 6.12. The SMILES string of the molecule is Cc1cc(/C=N\NC(=O)CN(c2ccc(Br)cc2)S(=O)(=O)c2ccccc2)c(C)n1-c1ccc(Cl)cc1. The number of benzene rings is 3. The number of carbonyl (C=O) groups is 1. The first-order chi connectivity index (χ1) is 17.7. The van der Waals surface area contributed by atoms with Crippen molar-refractivity contribution in [2.75, 3.05) is 10.8 Å². The van der Waals surface area contributed by atoms with Crippen LogP contribution in [0.15, 0.2) is 99.4 Å². The first-order valence-corrected chi connectivity index (χ1v) is 13.9. The molecule has 1 heterocycles. The molecular formula is C27H24BrClN4O3S. The highest BCUT2D eigenvalue weighted by Crippen LogP contribution is 2.25. The van der Waals surface area contributed by atoms with Gasteiger partial charge in [-0.25, -0.2) is 13.8 Å². The molecule has 1 amide bonds. The molecule has 0 atom stereocenters. The van der Waals surface area contributed by atoms with Gasteiger partial charge in [0, 0.05) is 32.1 Å². The first kappa shape index (κ1) is 26.7. The average molecular weight is 600 g/mol. The van der Waals surface area contributed by atoms with Gasteiger partial charge < -0.3 is 4.57 Å². The van der Waals surface area contributed by atoms with E-state index >= 15 is 0 Å². The molecule has 0 unspecified atom stereocenters. The van der Waals surface area contributed by atoms with Crippen LogP contribution < -0.4 is 9.73 Å². The number of nitrogens with one attached hydrogen (secondary N) is 1. The van der Waals surface area contributed by atoms with Crippen LogP contribution in [0, 0.1) is 13.8 Å². The van der Waals surface area contributed by atoms with Gasteiger partial charge in [0.2, 0.25) is 0 Å². The number of rotatable bonds is 8. The molecule has 0 bridgehead atoms. The Hall–Kier alpha value is -3.40. The smallest absolute Gasteiger partial charge is 0.264 e. The molecule has 10 heteroatoms. The van der Waals surface area contributed by atoms with Crippen molar-refractivity contribution in [1.82, 2.24) is 9.99 Å². The fourth-order valence-corrected chi connectivity index (χ4v) is 5.72. The largest absolute Gasteiger partial charge is 0.318 e. The van der Waals surface area contributed by atoms with Gasteiger partial charge in [-0.15, -0.1) is 0 Å². The van der Waals surface area contributed by atoms with Crippen molar-refractivity contribution in [2.45, 2.75) is 18.7 Å². The minimum atomic E-state index is -3.99. The average Bonchev–Trinajstić information content (AvgIpc) is 3.17. The summed E-state index contributed by atoms with van der Waals surface area (Å²) in [5.74, 6) is -0.579. The summed E-state index contributed by atoms with van der Waals surface area (Å²) in [5.41, 5.74) is 6.51. The van der Waals surface area contributed by atoms with Crippen molar-refractivity contribution in [3.63, 3.8) is 0 Å². The summed E-state index contributed by atoms with van der Waals surface area (Å²) in [7, 11) is -3.99. The van der Waals surface area contributed by atoms with Crippen LogP contribution in [0.5, 0.6) is 0 Å². The van der Waals surface area contributed by atoms with E-state index in [4.69, 9.17) is 11.6 Å². The van der Waals surface area contributed by atoms with E-state index in [-0.39, 0.29) is 4.90 Å². The minimum absolute atomic E-state index is 0.0869. The standard InChI is InChI=1S/C27H24BrClN4O3S/c1-19-16-21(20(2)33(19)25-14-10-23(29)11-15-25)17-30-31-27(34)18-32(24-12-8-22(28)9-13-24)37(35,36)26-6-4-3-5-7-26/h3-17H,18H2,1-2H3,(H,31,34)/b30-17-. The van der Waals surface area contributed by atoms with Gasteiger partial charge in [0.1, 0.15) is 6.54 Å². The molecule has 37 heavy (non-hydrogen) atoms. The third-order valence-corrected chi connectivity index (χ3v) is 8.25. The molecule has 0 radical (unpaired) electrons. The number of nitrogens with zero attached hydrogens (tertiary/aromatic N) is 3. The molecule has 0 aliphatic rings. The Kier molecular flexibility index (Phi) is 8.16. The van der Waals surface area contributed by atoms with E-state index in [2.05, 4.69) is 31.0 Å². The maximum absolute atomic E-state index is 13.4. The lowest BCUT2D eigenvalue weighted by Gasteiger charge is -2.23. The van der Waals surface area contributed by atoms with Crippen molar-refractivity contribution in [1.29, 1.82) is 0 Å². The van der Waals surface area contributed by atoms with E-state index in [0.717, 1.165) is 31.4 Å². The van der Waals surface area contributed by atoms with E-state index < -0.39 is 22.5 Å². The Morgan fingerprint density at radius 3 is 2.32 bits per heavy atom. The Balaban J connectivity index is 1.53. The van der Waals surface area contributed by atoms with Gasteiger partial charge in [0.15, 0.2) is 0 Å². The Labute approximate surface area is 229 Å². The van der Waals surface area contributed by atoms with Gasteiger partial charge in [-0.05, 0) is 80.6 Å². The molecule has 0 saturated carbocycles. The van der Waals surface area contributed by atoms with E-state index in [1.807, 2.05) is 44.2 Å². The second-order valence-electron chi connectivity index (χ2n) is 8.23. The molecule has 0 spiro atoms. The molecule has 0 saturated heterocycles. The van der Waals surface area contributed by atoms with Crippen LogP contribution in [0.3, 0.4) is 0 Å². The number of hydrogen-bond donors (Lipinski definition) is 1. The van der Waals surface area contributed by atoms with Gasteiger partial charge in [0.25, 0.3) is 15.9 Å². The fourth-order valence-electron chi connectivity index (χ4n) is 3.89. The molecule has 4 aromatic rings. The Bertz CT molecular complexity index is 1540. The van der Waals surface area contributed by atoms with Crippen molar-refractivity contribution in [3.05, 3.63) is 111 Å². The summed E-state index contributed by atoms with van der Waals surface area (Å²) < 4.78 is 30.7. The zero-order valence-corrected chi connectivity index (χ0v) is 23.3. The number of hydrogen-bond acceptors (Lipinski definition) is 4. The summed E-state index contributed by atoms with van der Waals surface area (Å²) in [6, 6.07) is 24.1. The molecule has 1 aromatic heterocycles. The van der Waals surface area contributed by atoms with Crippen molar-refractivity contribution < 1.29 is 13.2 Å². The number of hydrazone groups is 1. The van der Waals surface area contributed by atoms with Crippen molar-refractivity contribution in [2.24, 2.45) is 5.10 Å². The topological polar surface area (TPSA) is 83.8 Å². The van der Waals surface area contributed by atoms with Crippen LogP contribution in [0.4, 0.5) is 5.69 Å². The third-order valence-electron chi connectivity index (χ3n) is 5.68. The highest BCUT2D eigenvalue weighted by Gasteiger charge is 2.27. The maximum Gasteiger partial charge on any atom is 0.264 e. The van der Waals surface area contributed by atoms with Crippen molar-refractivity contribution in [3.8, 4) is 5.69 Å². The predicted molar refractivity (Wildman–Crippen MR) is 151 cm³/mol. The predicted octanol–water partition coefficient (Wildman–Crippen LogP) is 5.86. The number of anilines is 1. The Morgan fingerprint density at radius 2 is 1.68 bits per heavy atom. The Morgan fingerprint density at radius 1 is 1.03 bits per heavy atom. The lowest BCUT2D eigenvalue weighted by molar-refractivity contribution is -0.119. The van der Waals surface area contributed by atoms with Crippen LogP contribution >= 0.6 is 27.5 Å². The normalized spacial score (nSPS) is 11.6.